The van der Waals surface area contributed by atoms with Crippen LogP contribution in [0.2, 0.25) is 5.02 Å². The van der Waals surface area contributed by atoms with Crippen molar-refractivity contribution in [3.05, 3.63) is 46.5 Å². The zero-order valence-electron chi connectivity index (χ0n) is 11.0. The number of fused-ring (bicyclic) bond motifs is 1. The van der Waals surface area contributed by atoms with Gasteiger partial charge in [-0.15, -0.1) is 0 Å². The summed E-state index contributed by atoms with van der Waals surface area (Å²) in [4.78, 5) is 19.5. The largest absolute Gasteiger partial charge is 0.347 e. The van der Waals surface area contributed by atoms with E-state index in [1.54, 1.807) is 6.33 Å². The third-order valence-corrected chi connectivity index (χ3v) is 3.74. The van der Waals surface area contributed by atoms with E-state index in [9.17, 15) is 4.79 Å². The summed E-state index contributed by atoms with van der Waals surface area (Å²) in [6, 6.07) is 5.28. The van der Waals surface area contributed by atoms with Crippen molar-refractivity contribution >= 4 is 23.2 Å². The highest BCUT2D eigenvalue weighted by atomic mass is 35.5. The number of H-pyrrole nitrogens is 1. The standard InChI is InChI=1S/C14H15ClN4O/c1-8-2-3-10(9(15)4-8)19-14(20)12-5-11-13(6-16-12)18-7-17-11/h2-4,7,12,16H,5-6H2,1H3,(H,17,18)(H,19,20). The highest BCUT2D eigenvalue weighted by Crippen LogP contribution is 2.23. The normalized spacial score (nSPS) is 17.6. The van der Waals surface area contributed by atoms with Gasteiger partial charge in [0.15, 0.2) is 0 Å². The van der Waals surface area contributed by atoms with Crippen molar-refractivity contribution in [1.29, 1.82) is 0 Å². The molecule has 1 aromatic heterocycles. The first-order valence-electron chi connectivity index (χ1n) is 6.45. The minimum Gasteiger partial charge on any atom is -0.347 e. The predicted molar refractivity (Wildman–Crippen MR) is 77.7 cm³/mol. The Morgan fingerprint density at radius 2 is 2.35 bits per heavy atom. The maximum absolute atomic E-state index is 12.3. The van der Waals surface area contributed by atoms with E-state index in [2.05, 4.69) is 20.6 Å². The average molecular weight is 291 g/mol. The molecule has 1 aliphatic heterocycles. The number of hydrogen-bond donors (Lipinski definition) is 3. The number of carbonyl (C=O) groups is 1. The van der Waals surface area contributed by atoms with Crippen LogP contribution in [0.3, 0.4) is 0 Å². The predicted octanol–water partition coefficient (Wildman–Crippen LogP) is 2.02. The summed E-state index contributed by atoms with van der Waals surface area (Å²) in [5, 5.41) is 6.60. The first kappa shape index (κ1) is 13.1. The van der Waals surface area contributed by atoms with E-state index in [1.165, 1.54) is 0 Å². The lowest BCUT2D eigenvalue weighted by Gasteiger charge is -2.22. The second-order valence-electron chi connectivity index (χ2n) is 4.94. The van der Waals surface area contributed by atoms with Gasteiger partial charge in [-0.1, -0.05) is 17.7 Å². The summed E-state index contributed by atoms with van der Waals surface area (Å²) >= 11 is 6.12. The number of hydrogen-bond acceptors (Lipinski definition) is 3. The Morgan fingerprint density at radius 3 is 3.15 bits per heavy atom. The van der Waals surface area contributed by atoms with Crippen molar-refractivity contribution in [1.82, 2.24) is 15.3 Å². The van der Waals surface area contributed by atoms with Gasteiger partial charge in [-0.3, -0.25) is 10.1 Å². The number of nitrogens with zero attached hydrogens (tertiary/aromatic N) is 1. The van der Waals surface area contributed by atoms with Crippen LogP contribution in [0.1, 0.15) is 17.0 Å². The fraction of sp³-hybridized carbons (Fsp3) is 0.286. The van der Waals surface area contributed by atoms with Gasteiger partial charge in [-0.2, -0.15) is 0 Å². The molecule has 20 heavy (non-hydrogen) atoms. The molecule has 0 spiro atoms. The van der Waals surface area contributed by atoms with Crippen LogP contribution in [0.4, 0.5) is 5.69 Å². The molecule has 3 N–H and O–H groups in total. The summed E-state index contributed by atoms with van der Waals surface area (Å²) in [5.41, 5.74) is 3.68. The van der Waals surface area contributed by atoms with Crippen LogP contribution in [-0.4, -0.2) is 21.9 Å². The Balaban J connectivity index is 1.71. The molecule has 0 saturated carbocycles. The van der Waals surface area contributed by atoms with Gasteiger partial charge in [0.25, 0.3) is 0 Å². The van der Waals surface area contributed by atoms with Crippen LogP contribution < -0.4 is 10.6 Å². The highest BCUT2D eigenvalue weighted by Gasteiger charge is 2.26. The lowest BCUT2D eigenvalue weighted by atomic mass is 10.0. The number of anilines is 1. The van der Waals surface area contributed by atoms with E-state index in [0.29, 0.717) is 23.7 Å². The number of benzene rings is 1. The van der Waals surface area contributed by atoms with Crippen molar-refractivity contribution in [3.8, 4) is 0 Å². The van der Waals surface area contributed by atoms with Crippen LogP contribution >= 0.6 is 11.6 Å². The first-order valence-corrected chi connectivity index (χ1v) is 6.83. The molecule has 1 unspecified atom stereocenters. The van der Waals surface area contributed by atoms with Crippen molar-refractivity contribution in [2.24, 2.45) is 0 Å². The van der Waals surface area contributed by atoms with Crippen LogP contribution in [0.15, 0.2) is 24.5 Å². The number of halogens is 1. The molecule has 2 aromatic rings. The Bertz CT molecular complexity index is 652. The summed E-state index contributed by atoms with van der Waals surface area (Å²) in [5.74, 6) is -0.0931. The molecule has 0 bridgehead atoms. The van der Waals surface area contributed by atoms with E-state index < -0.39 is 0 Å². The molecule has 0 aliphatic carbocycles. The minimum absolute atomic E-state index is 0.0931. The number of imidazole rings is 1. The molecule has 6 heteroatoms. The third kappa shape index (κ3) is 2.55. The van der Waals surface area contributed by atoms with Crippen LogP contribution in [-0.2, 0) is 17.8 Å². The van der Waals surface area contributed by atoms with Crippen molar-refractivity contribution in [2.75, 3.05) is 5.32 Å². The molecule has 1 aromatic carbocycles. The number of aromatic nitrogens is 2. The summed E-state index contributed by atoms with van der Waals surface area (Å²) in [6.07, 6.45) is 2.23. The van der Waals surface area contributed by atoms with Gasteiger partial charge in [0.05, 0.1) is 34.5 Å². The summed E-state index contributed by atoms with van der Waals surface area (Å²) in [6.45, 7) is 2.58. The van der Waals surface area contributed by atoms with Gasteiger partial charge < -0.3 is 10.3 Å². The van der Waals surface area contributed by atoms with Crippen molar-refractivity contribution in [3.63, 3.8) is 0 Å². The van der Waals surface area contributed by atoms with Gasteiger partial charge in [0.2, 0.25) is 5.91 Å². The second kappa shape index (κ2) is 5.26. The topological polar surface area (TPSA) is 69.8 Å². The monoisotopic (exact) mass is 290 g/mol. The Kier molecular flexibility index (Phi) is 3.46. The maximum atomic E-state index is 12.3. The van der Waals surface area contributed by atoms with Gasteiger partial charge >= 0.3 is 0 Å². The molecular weight excluding hydrogens is 276 g/mol. The summed E-state index contributed by atoms with van der Waals surface area (Å²) in [7, 11) is 0. The Hall–Kier alpha value is -1.85. The fourth-order valence-electron chi connectivity index (χ4n) is 2.30. The summed E-state index contributed by atoms with van der Waals surface area (Å²) < 4.78 is 0. The van der Waals surface area contributed by atoms with E-state index in [-0.39, 0.29) is 11.9 Å². The molecule has 1 aliphatic rings. The van der Waals surface area contributed by atoms with Crippen molar-refractivity contribution in [2.45, 2.75) is 25.9 Å². The molecule has 104 valence electrons. The molecule has 1 amide bonds. The third-order valence-electron chi connectivity index (χ3n) is 3.43. The maximum Gasteiger partial charge on any atom is 0.241 e. The molecular formula is C14H15ClN4O. The molecule has 2 heterocycles. The van der Waals surface area contributed by atoms with Crippen LogP contribution in [0.25, 0.3) is 0 Å². The van der Waals surface area contributed by atoms with Crippen LogP contribution in [0, 0.1) is 6.92 Å². The zero-order valence-corrected chi connectivity index (χ0v) is 11.8. The Labute approximate surface area is 121 Å². The first-order chi connectivity index (χ1) is 9.63. The number of aryl methyl sites for hydroxylation is 1. The SMILES string of the molecule is Cc1ccc(NC(=O)C2Cc3nc[nH]c3CN2)c(Cl)c1. The zero-order chi connectivity index (χ0) is 14.1. The highest BCUT2D eigenvalue weighted by molar-refractivity contribution is 6.33. The number of aromatic amines is 1. The van der Waals surface area contributed by atoms with Crippen LogP contribution in [0.5, 0.6) is 0 Å². The lowest BCUT2D eigenvalue weighted by Crippen LogP contribution is -2.44. The molecule has 0 radical (unpaired) electrons. The van der Waals surface area contributed by atoms with Gasteiger partial charge in [-0.25, -0.2) is 4.98 Å². The quantitative estimate of drug-likeness (QED) is 0.792. The minimum atomic E-state index is -0.289. The van der Waals surface area contributed by atoms with Gasteiger partial charge in [0.1, 0.15) is 0 Å². The number of rotatable bonds is 2. The number of amides is 1. The number of nitrogens with one attached hydrogen (secondary N) is 3. The molecule has 0 fully saturated rings. The fourth-order valence-corrected chi connectivity index (χ4v) is 2.58. The molecule has 3 rings (SSSR count). The van der Waals surface area contributed by atoms with Crippen molar-refractivity contribution < 1.29 is 4.79 Å². The van der Waals surface area contributed by atoms with E-state index in [0.717, 1.165) is 17.0 Å². The van der Waals surface area contributed by atoms with Gasteiger partial charge in [-0.05, 0) is 24.6 Å². The van der Waals surface area contributed by atoms with Gasteiger partial charge in [0, 0.05) is 13.0 Å². The molecule has 1 atom stereocenters. The number of carbonyl (C=O) groups excluding carboxylic acids is 1. The van der Waals surface area contributed by atoms with E-state index in [1.807, 2.05) is 25.1 Å². The smallest absolute Gasteiger partial charge is 0.241 e. The lowest BCUT2D eigenvalue weighted by molar-refractivity contribution is -0.118. The van der Waals surface area contributed by atoms with E-state index in [4.69, 9.17) is 11.6 Å². The average Bonchev–Trinajstić information content (AvgIpc) is 2.89. The molecule has 5 nitrogen and oxygen atoms in total. The Morgan fingerprint density at radius 1 is 1.50 bits per heavy atom. The molecule has 0 saturated heterocycles. The second-order valence-corrected chi connectivity index (χ2v) is 5.35. The van der Waals surface area contributed by atoms with E-state index >= 15 is 0 Å².